The summed E-state index contributed by atoms with van der Waals surface area (Å²) in [5, 5.41) is 0. The monoisotopic (exact) mass is 354 g/mol. The first-order valence-corrected chi connectivity index (χ1v) is 9.77. The maximum absolute atomic E-state index is 2.49. The van der Waals surface area contributed by atoms with Crippen LogP contribution in [0, 0.1) is 6.92 Å². The number of para-hydroxylation sites is 2. The second-order valence-corrected chi connectivity index (χ2v) is 8.46. The van der Waals surface area contributed by atoms with Crippen LogP contribution in [0.25, 0.3) is 11.1 Å². The van der Waals surface area contributed by atoms with Gasteiger partial charge in [0.05, 0.1) is 11.4 Å². The largest absolute Gasteiger partial charge is 0.353 e. The molecule has 2 heteroatoms. The third kappa shape index (κ3) is 2.07. The fourth-order valence-corrected chi connectivity index (χ4v) is 4.98. The standard InChI is InChI=1S/C25H26N2/c1-16-14-19-18-10-6-7-11-20(18)25(3,4)21(19)15-24(16)27-17(2)26(5)22-12-8-9-13-23(22)27/h6-15,17H,1-5H3/t17-/m0/s1. The van der Waals surface area contributed by atoms with Gasteiger partial charge in [0, 0.05) is 18.2 Å². The minimum Gasteiger partial charge on any atom is -0.353 e. The lowest BCUT2D eigenvalue weighted by Crippen LogP contribution is -2.36. The van der Waals surface area contributed by atoms with E-state index in [9.17, 15) is 0 Å². The molecule has 1 atom stereocenters. The molecular weight excluding hydrogens is 328 g/mol. The third-order valence-electron chi connectivity index (χ3n) is 6.61. The van der Waals surface area contributed by atoms with Crippen molar-refractivity contribution in [1.82, 2.24) is 0 Å². The van der Waals surface area contributed by atoms with E-state index in [1.807, 2.05) is 0 Å². The van der Waals surface area contributed by atoms with Gasteiger partial charge in [-0.1, -0.05) is 50.2 Å². The van der Waals surface area contributed by atoms with Crippen molar-refractivity contribution in [3.63, 3.8) is 0 Å². The van der Waals surface area contributed by atoms with E-state index in [2.05, 4.69) is 105 Å². The van der Waals surface area contributed by atoms with Crippen LogP contribution in [0.3, 0.4) is 0 Å². The van der Waals surface area contributed by atoms with Crippen molar-refractivity contribution >= 4 is 17.1 Å². The second kappa shape index (κ2) is 5.39. The van der Waals surface area contributed by atoms with Gasteiger partial charge in [-0.25, -0.2) is 0 Å². The highest BCUT2D eigenvalue weighted by molar-refractivity contribution is 5.88. The van der Waals surface area contributed by atoms with Gasteiger partial charge in [-0.15, -0.1) is 0 Å². The van der Waals surface area contributed by atoms with E-state index in [1.165, 1.54) is 44.9 Å². The molecule has 136 valence electrons. The number of hydrogen-bond acceptors (Lipinski definition) is 2. The van der Waals surface area contributed by atoms with Crippen molar-refractivity contribution in [2.24, 2.45) is 0 Å². The Morgan fingerprint density at radius 1 is 0.778 bits per heavy atom. The third-order valence-corrected chi connectivity index (χ3v) is 6.61. The molecule has 27 heavy (non-hydrogen) atoms. The zero-order valence-corrected chi connectivity index (χ0v) is 16.7. The first kappa shape index (κ1) is 16.4. The quantitative estimate of drug-likeness (QED) is 0.511. The molecule has 5 rings (SSSR count). The van der Waals surface area contributed by atoms with Crippen LogP contribution in [0.4, 0.5) is 17.1 Å². The van der Waals surface area contributed by atoms with Crippen molar-refractivity contribution in [2.45, 2.75) is 39.3 Å². The van der Waals surface area contributed by atoms with Gasteiger partial charge >= 0.3 is 0 Å². The van der Waals surface area contributed by atoms with Crippen LogP contribution >= 0.6 is 0 Å². The number of nitrogens with zero attached hydrogens (tertiary/aromatic N) is 2. The highest BCUT2D eigenvalue weighted by Gasteiger charge is 2.38. The Morgan fingerprint density at radius 2 is 1.44 bits per heavy atom. The van der Waals surface area contributed by atoms with Crippen LogP contribution in [-0.2, 0) is 5.41 Å². The summed E-state index contributed by atoms with van der Waals surface area (Å²) in [5.74, 6) is 0. The summed E-state index contributed by atoms with van der Waals surface area (Å²) < 4.78 is 0. The van der Waals surface area contributed by atoms with E-state index < -0.39 is 0 Å². The summed E-state index contributed by atoms with van der Waals surface area (Å²) in [4.78, 5) is 4.85. The Bertz CT molecular complexity index is 1060. The number of benzene rings is 3. The van der Waals surface area contributed by atoms with Gasteiger partial charge in [0.2, 0.25) is 0 Å². The van der Waals surface area contributed by atoms with Crippen LogP contribution < -0.4 is 9.80 Å². The SMILES string of the molecule is Cc1cc2c(cc1N1c3ccccc3N(C)[C@@H]1C)C(C)(C)c1ccccc1-2. The lowest BCUT2D eigenvalue weighted by Gasteiger charge is -2.31. The number of hydrogen-bond donors (Lipinski definition) is 0. The first-order valence-electron chi connectivity index (χ1n) is 9.77. The van der Waals surface area contributed by atoms with E-state index in [0.29, 0.717) is 6.17 Å². The average molecular weight is 354 g/mol. The van der Waals surface area contributed by atoms with Crippen molar-refractivity contribution in [3.05, 3.63) is 77.4 Å². The van der Waals surface area contributed by atoms with Gasteiger partial charge in [0.1, 0.15) is 6.17 Å². The van der Waals surface area contributed by atoms with E-state index in [-0.39, 0.29) is 5.41 Å². The minimum atomic E-state index is 0.0305. The topological polar surface area (TPSA) is 6.48 Å². The molecule has 2 aliphatic rings. The molecule has 0 fully saturated rings. The van der Waals surface area contributed by atoms with Gasteiger partial charge in [0.15, 0.2) is 0 Å². The van der Waals surface area contributed by atoms with Crippen molar-refractivity contribution in [3.8, 4) is 11.1 Å². The second-order valence-electron chi connectivity index (χ2n) is 8.46. The van der Waals surface area contributed by atoms with Gasteiger partial charge in [-0.05, 0) is 65.9 Å². The summed E-state index contributed by atoms with van der Waals surface area (Å²) in [6, 6.07) is 22.4. The van der Waals surface area contributed by atoms with Crippen LogP contribution in [0.15, 0.2) is 60.7 Å². The van der Waals surface area contributed by atoms with Gasteiger partial charge in [0.25, 0.3) is 0 Å². The molecule has 3 aromatic carbocycles. The van der Waals surface area contributed by atoms with Gasteiger partial charge in [-0.3, -0.25) is 0 Å². The highest BCUT2D eigenvalue weighted by Crippen LogP contribution is 2.52. The predicted molar refractivity (Wildman–Crippen MR) is 115 cm³/mol. The van der Waals surface area contributed by atoms with E-state index in [1.54, 1.807) is 0 Å². The van der Waals surface area contributed by atoms with Crippen molar-refractivity contribution < 1.29 is 0 Å². The molecule has 0 bridgehead atoms. The molecule has 3 aromatic rings. The number of anilines is 3. The smallest absolute Gasteiger partial charge is 0.103 e. The minimum absolute atomic E-state index is 0.0305. The van der Waals surface area contributed by atoms with Crippen LogP contribution in [0.5, 0.6) is 0 Å². The molecule has 1 heterocycles. The molecule has 1 aliphatic heterocycles. The number of aryl methyl sites for hydroxylation is 1. The van der Waals surface area contributed by atoms with Gasteiger partial charge in [-0.2, -0.15) is 0 Å². The summed E-state index contributed by atoms with van der Waals surface area (Å²) >= 11 is 0. The molecule has 0 spiro atoms. The Morgan fingerprint density at radius 3 is 2.22 bits per heavy atom. The summed E-state index contributed by atoms with van der Waals surface area (Å²) in [5.41, 5.74) is 10.9. The number of fused-ring (bicyclic) bond motifs is 4. The Balaban J connectivity index is 1.73. The van der Waals surface area contributed by atoms with Crippen molar-refractivity contribution in [1.29, 1.82) is 0 Å². The van der Waals surface area contributed by atoms with Crippen LogP contribution in [0.1, 0.15) is 37.5 Å². The summed E-state index contributed by atoms with van der Waals surface area (Å²) in [6.07, 6.45) is 0.297. The summed E-state index contributed by atoms with van der Waals surface area (Å²) in [6.45, 7) is 9.23. The lowest BCUT2D eigenvalue weighted by molar-refractivity contribution is 0.659. The molecule has 0 unspecified atom stereocenters. The molecule has 2 nitrogen and oxygen atoms in total. The van der Waals surface area contributed by atoms with E-state index >= 15 is 0 Å². The maximum Gasteiger partial charge on any atom is 0.103 e. The molecule has 0 radical (unpaired) electrons. The van der Waals surface area contributed by atoms with Crippen LogP contribution in [-0.4, -0.2) is 13.2 Å². The first-order chi connectivity index (χ1) is 12.9. The Labute approximate surface area is 162 Å². The average Bonchev–Trinajstić information content (AvgIpc) is 3.04. The fraction of sp³-hybridized carbons (Fsp3) is 0.280. The molecule has 0 N–H and O–H groups in total. The predicted octanol–water partition coefficient (Wildman–Crippen LogP) is 6.24. The highest BCUT2D eigenvalue weighted by atomic mass is 15.4. The van der Waals surface area contributed by atoms with Crippen molar-refractivity contribution in [2.75, 3.05) is 16.8 Å². The van der Waals surface area contributed by atoms with E-state index in [0.717, 1.165) is 0 Å². The Hall–Kier alpha value is -2.74. The molecule has 0 aromatic heterocycles. The van der Waals surface area contributed by atoms with Crippen LogP contribution in [0.2, 0.25) is 0 Å². The molecule has 0 saturated heterocycles. The fourth-order valence-electron chi connectivity index (χ4n) is 4.98. The number of rotatable bonds is 1. The maximum atomic E-state index is 2.49. The zero-order chi connectivity index (χ0) is 18.9. The summed E-state index contributed by atoms with van der Waals surface area (Å²) in [7, 11) is 2.19. The molecular formula is C25H26N2. The Kier molecular flexibility index (Phi) is 3.28. The van der Waals surface area contributed by atoms with Gasteiger partial charge < -0.3 is 9.80 Å². The molecule has 0 saturated carbocycles. The molecule has 1 aliphatic carbocycles. The molecule has 0 amide bonds. The zero-order valence-electron chi connectivity index (χ0n) is 16.7. The van der Waals surface area contributed by atoms with E-state index in [4.69, 9.17) is 0 Å². The lowest BCUT2D eigenvalue weighted by atomic mass is 9.82. The normalized spacial score (nSPS) is 19.1.